The van der Waals surface area contributed by atoms with Crippen LogP contribution in [0.25, 0.3) is 11.3 Å². The van der Waals surface area contributed by atoms with Crippen LogP contribution >= 0.6 is 0 Å². The van der Waals surface area contributed by atoms with Gasteiger partial charge in [0.25, 0.3) is 5.91 Å². The highest BCUT2D eigenvalue weighted by atomic mass is 16.1. The lowest BCUT2D eigenvalue weighted by Gasteiger charge is -2.09. The van der Waals surface area contributed by atoms with Gasteiger partial charge in [0, 0.05) is 35.8 Å². The summed E-state index contributed by atoms with van der Waals surface area (Å²) < 4.78 is 0. The Bertz CT molecular complexity index is 538. The second-order valence-electron chi connectivity index (χ2n) is 4.30. The van der Waals surface area contributed by atoms with Gasteiger partial charge in [-0.25, -0.2) is 0 Å². The molecule has 0 saturated heterocycles. The van der Waals surface area contributed by atoms with Gasteiger partial charge in [0.15, 0.2) is 0 Å². The second kappa shape index (κ2) is 5.40. The van der Waals surface area contributed by atoms with Gasteiger partial charge in [-0.1, -0.05) is 0 Å². The molecule has 2 rings (SSSR count). The molecule has 2 aromatic heterocycles. The van der Waals surface area contributed by atoms with Crippen molar-refractivity contribution in [2.75, 3.05) is 0 Å². The highest BCUT2D eigenvalue weighted by molar-refractivity contribution is 5.95. The fourth-order valence-electron chi connectivity index (χ4n) is 1.59. The molecule has 0 saturated carbocycles. The summed E-state index contributed by atoms with van der Waals surface area (Å²) in [5, 5.41) is 2.86. The van der Waals surface area contributed by atoms with Crippen molar-refractivity contribution in [3.05, 3.63) is 48.4 Å². The van der Waals surface area contributed by atoms with Crippen LogP contribution in [0.4, 0.5) is 0 Å². The van der Waals surface area contributed by atoms with Crippen LogP contribution in [-0.4, -0.2) is 21.9 Å². The molecule has 18 heavy (non-hydrogen) atoms. The van der Waals surface area contributed by atoms with Gasteiger partial charge in [0.1, 0.15) is 0 Å². The van der Waals surface area contributed by atoms with E-state index in [1.807, 2.05) is 26.0 Å². The van der Waals surface area contributed by atoms with E-state index >= 15 is 0 Å². The fraction of sp³-hybridized carbons (Fsp3) is 0.214. The molecule has 0 aliphatic carbocycles. The van der Waals surface area contributed by atoms with E-state index in [0.717, 1.165) is 11.3 Å². The molecule has 1 amide bonds. The van der Waals surface area contributed by atoms with E-state index in [1.54, 1.807) is 30.7 Å². The van der Waals surface area contributed by atoms with Gasteiger partial charge in [0.2, 0.25) is 0 Å². The van der Waals surface area contributed by atoms with Crippen molar-refractivity contribution >= 4 is 5.91 Å². The average molecular weight is 241 g/mol. The molecule has 0 aromatic carbocycles. The van der Waals surface area contributed by atoms with Crippen molar-refractivity contribution in [2.45, 2.75) is 19.9 Å². The minimum Gasteiger partial charge on any atom is -0.350 e. The van der Waals surface area contributed by atoms with Crippen molar-refractivity contribution in [3.8, 4) is 11.3 Å². The molecule has 4 nitrogen and oxygen atoms in total. The van der Waals surface area contributed by atoms with Crippen LogP contribution < -0.4 is 5.32 Å². The van der Waals surface area contributed by atoms with E-state index in [4.69, 9.17) is 0 Å². The quantitative estimate of drug-likeness (QED) is 0.897. The molecule has 0 atom stereocenters. The lowest BCUT2D eigenvalue weighted by molar-refractivity contribution is 0.0943. The van der Waals surface area contributed by atoms with E-state index in [-0.39, 0.29) is 11.9 Å². The molecule has 0 spiro atoms. The molecule has 0 aliphatic rings. The highest BCUT2D eigenvalue weighted by Gasteiger charge is 2.08. The first-order valence-corrected chi connectivity index (χ1v) is 5.84. The topological polar surface area (TPSA) is 54.9 Å². The zero-order valence-electron chi connectivity index (χ0n) is 10.4. The first-order valence-electron chi connectivity index (χ1n) is 5.84. The Labute approximate surface area is 106 Å². The summed E-state index contributed by atoms with van der Waals surface area (Å²) in [4.78, 5) is 20.2. The Hall–Kier alpha value is -2.23. The van der Waals surface area contributed by atoms with Gasteiger partial charge >= 0.3 is 0 Å². The van der Waals surface area contributed by atoms with Crippen LogP contribution in [0.15, 0.2) is 42.9 Å². The van der Waals surface area contributed by atoms with Crippen LogP contribution in [0.1, 0.15) is 24.2 Å². The largest absolute Gasteiger partial charge is 0.350 e. The van der Waals surface area contributed by atoms with Gasteiger partial charge in [-0.05, 0) is 38.1 Å². The zero-order valence-corrected chi connectivity index (χ0v) is 10.4. The lowest BCUT2D eigenvalue weighted by atomic mass is 10.1. The molecule has 0 aliphatic heterocycles. The molecule has 92 valence electrons. The maximum atomic E-state index is 11.9. The average Bonchev–Trinajstić information content (AvgIpc) is 2.39. The van der Waals surface area contributed by atoms with Gasteiger partial charge in [0.05, 0.1) is 5.69 Å². The van der Waals surface area contributed by atoms with Crippen LogP contribution in [0, 0.1) is 0 Å². The van der Waals surface area contributed by atoms with E-state index in [1.165, 1.54) is 0 Å². The summed E-state index contributed by atoms with van der Waals surface area (Å²) >= 11 is 0. The summed E-state index contributed by atoms with van der Waals surface area (Å²) in [5.41, 5.74) is 2.26. The third-order valence-electron chi connectivity index (χ3n) is 2.40. The Morgan fingerprint density at radius 2 is 2.11 bits per heavy atom. The predicted molar refractivity (Wildman–Crippen MR) is 70.1 cm³/mol. The van der Waals surface area contributed by atoms with Crippen molar-refractivity contribution in [2.24, 2.45) is 0 Å². The van der Waals surface area contributed by atoms with Gasteiger partial charge in [-0.3, -0.25) is 14.8 Å². The van der Waals surface area contributed by atoms with Gasteiger partial charge in [-0.15, -0.1) is 0 Å². The summed E-state index contributed by atoms with van der Waals surface area (Å²) in [6, 6.07) is 7.36. The summed E-state index contributed by atoms with van der Waals surface area (Å²) in [5.74, 6) is -0.0856. The molecule has 4 heteroatoms. The Morgan fingerprint density at radius 3 is 2.78 bits per heavy atom. The molecule has 0 unspecified atom stereocenters. The highest BCUT2D eigenvalue weighted by Crippen LogP contribution is 2.16. The minimum atomic E-state index is -0.0856. The summed E-state index contributed by atoms with van der Waals surface area (Å²) in [6.45, 7) is 3.86. The van der Waals surface area contributed by atoms with E-state index in [2.05, 4.69) is 15.3 Å². The maximum Gasteiger partial charge on any atom is 0.251 e. The SMILES string of the molecule is CC(C)NC(=O)c1ccnc(-c2cccnc2)c1. The van der Waals surface area contributed by atoms with E-state index in [9.17, 15) is 4.79 Å². The number of rotatable bonds is 3. The normalized spacial score (nSPS) is 10.4. The number of aromatic nitrogens is 2. The molecule has 0 bridgehead atoms. The van der Waals surface area contributed by atoms with Gasteiger partial charge < -0.3 is 5.32 Å². The van der Waals surface area contributed by atoms with Crippen LogP contribution in [0.5, 0.6) is 0 Å². The van der Waals surface area contributed by atoms with E-state index < -0.39 is 0 Å². The second-order valence-corrected chi connectivity index (χ2v) is 4.30. The number of amides is 1. The Balaban J connectivity index is 2.28. The number of carbonyl (C=O) groups excluding carboxylic acids is 1. The Morgan fingerprint density at radius 1 is 1.28 bits per heavy atom. The maximum absolute atomic E-state index is 11.9. The number of hydrogen-bond acceptors (Lipinski definition) is 3. The Kier molecular flexibility index (Phi) is 3.67. The van der Waals surface area contributed by atoms with Crippen LogP contribution in [0.2, 0.25) is 0 Å². The molecular weight excluding hydrogens is 226 g/mol. The van der Waals surface area contributed by atoms with Gasteiger partial charge in [-0.2, -0.15) is 0 Å². The first-order chi connectivity index (χ1) is 8.66. The minimum absolute atomic E-state index is 0.0856. The van der Waals surface area contributed by atoms with Crippen LogP contribution in [0.3, 0.4) is 0 Å². The predicted octanol–water partition coefficient (Wildman–Crippen LogP) is 2.28. The van der Waals surface area contributed by atoms with Crippen molar-refractivity contribution in [3.63, 3.8) is 0 Å². The molecule has 2 aromatic rings. The molecule has 1 N–H and O–H groups in total. The zero-order chi connectivity index (χ0) is 13.0. The standard InChI is InChI=1S/C14H15N3O/c1-10(2)17-14(18)11-5-7-16-13(8-11)12-4-3-6-15-9-12/h3-10H,1-2H3,(H,17,18). The monoisotopic (exact) mass is 241 g/mol. The van der Waals surface area contributed by atoms with E-state index in [0.29, 0.717) is 5.56 Å². The van der Waals surface area contributed by atoms with Crippen molar-refractivity contribution in [1.29, 1.82) is 0 Å². The van der Waals surface area contributed by atoms with Crippen LogP contribution in [-0.2, 0) is 0 Å². The molecule has 0 radical (unpaired) electrons. The summed E-state index contributed by atoms with van der Waals surface area (Å²) in [7, 11) is 0. The number of carbonyl (C=O) groups is 1. The number of pyridine rings is 2. The first kappa shape index (κ1) is 12.2. The van der Waals surface area contributed by atoms with Crippen molar-refractivity contribution < 1.29 is 4.79 Å². The third-order valence-corrected chi connectivity index (χ3v) is 2.40. The number of nitrogens with one attached hydrogen (secondary N) is 1. The smallest absolute Gasteiger partial charge is 0.251 e. The molecule has 2 heterocycles. The fourth-order valence-corrected chi connectivity index (χ4v) is 1.59. The lowest BCUT2D eigenvalue weighted by Crippen LogP contribution is -2.30. The number of hydrogen-bond donors (Lipinski definition) is 1. The third kappa shape index (κ3) is 2.91. The molecule has 0 fully saturated rings. The summed E-state index contributed by atoms with van der Waals surface area (Å²) in [6.07, 6.45) is 5.07. The molecular formula is C14H15N3O. The van der Waals surface area contributed by atoms with Crippen molar-refractivity contribution in [1.82, 2.24) is 15.3 Å². The number of nitrogens with zero attached hydrogens (tertiary/aromatic N) is 2.